The number of thioether (sulfide) groups is 1. The van der Waals surface area contributed by atoms with Crippen molar-refractivity contribution >= 4 is 29.4 Å². The summed E-state index contributed by atoms with van der Waals surface area (Å²) in [5, 5.41) is 14.2. The minimum Gasteiger partial charge on any atom is -0.480 e. The van der Waals surface area contributed by atoms with E-state index in [4.69, 9.17) is 5.11 Å². The summed E-state index contributed by atoms with van der Waals surface area (Å²) < 4.78 is 0. The summed E-state index contributed by atoms with van der Waals surface area (Å²) in [6, 6.07) is 6.12. The number of carboxylic acids is 1. The standard InChI is InChI=1S/C14H20N2O3S/c1-3-10-5-4-6-11(9-10)15-14(19)16-12(13(17)18)7-8-20-2/h4-6,9,12H,3,7-8H2,1-2H3,(H,17,18)(H2,15,16,19)/t12-/m1/s1. The highest BCUT2D eigenvalue weighted by molar-refractivity contribution is 7.98. The number of urea groups is 1. The van der Waals surface area contributed by atoms with Crippen molar-refractivity contribution in [2.24, 2.45) is 0 Å². The first-order valence-corrected chi connectivity index (χ1v) is 7.84. The minimum atomic E-state index is -1.02. The Hall–Kier alpha value is -1.69. The summed E-state index contributed by atoms with van der Waals surface area (Å²) in [7, 11) is 0. The van der Waals surface area contributed by atoms with Crippen molar-refractivity contribution < 1.29 is 14.7 Å². The van der Waals surface area contributed by atoms with Gasteiger partial charge in [0, 0.05) is 5.69 Å². The van der Waals surface area contributed by atoms with Gasteiger partial charge in [0.2, 0.25) is 0 Å². The Labute approximate surface area is 123 Å². The van der Waals surface area contributed by atoms with E-state index in [-0.39, 0.29) is 0 Å². The molecule has 2 amide bonds. The highest BCUT2D eigenvalue weighted by Gasteiger charge is 2.19. The quantitative estimate of drug-likeness (QED) is 0.722. The first kappa shape index (κ1) is 16.4. The monoisotopic (exact) mass is 296 g/mol. The van der Waals surface area contributed by atoms with Gasteiger partial charge in [-0.2, -0.15) is 11.8 Å². The Bertz CT molecular complexity index is 465. The largest absolute Gasteiger partial charge is 0.480 e. The van der Waals surface area contributed by atoms with Gasteiger partial charge in [0.05, 0.1) is 0 Å². The van der Waals surface area contributed by atoms with Crippen molar-refractivity contribution in [3.05, 3.63) is 29.8 Å². The van der Waals surface area contributed by atoms with Crippen LogP contribution in [0, 0.1) is 0 Å². The molecule has 0 radical (unpaired) electrons. The number of benzene rings is 1. The number of amides is 2. The van der Waals surface area contributed by atoms with Crippen LogP contribution in [0.15, 0.2) is 24.3 Å². The molecule has 0 unspecified atom stereocenters. The van der Waals surface area contributed by atoms with Gasteiger partial charge in [-0.15, -0.1) is 0 Å². The summed E-state index contributed by atoms with van der Waals surface area (Å²) >= 11 is 1.55. The molecule has 6 heteroatoms. The van der Waals surface area contributed by atoms with Gasteiger partial charge in [0.1, 0.15) is 6.04 Å². The lowest BCUT2D eigenvalue weighted by molar-refractivity contribution is -0.139. The number of nitrogens with one attached hydrogen (secondary N) is 2. The number of rotatable bonds is 7. The first-order chi connectivity index (χ1) is 9.56. The lowest BCUT2D eigenvalue weighted by atomic mass is 10.1. The average Bonchev–Trinajstić information content (AvgIpc) is 2.43. The summed E-state index contributed by atoms with van der Waals surface area (Å²) in [5.41, 5.74) is 1.77. The van der Waals surface area contributed by atoms with E-state index in [1.54, 1.807) is 17.8 Å². The van der Waals surface area contributed by atoms with Gasteiger partial charge in [0.15, 0.2) is 0 Å². The number of aliphatic carboxylic acids is 1. The average molecular weight is 296 g/mol. The summed E-state index contributed by atoms with van der Waals surface area (Å²) in [6.45, 7) is 2.03. The number of aryl methyl sites for hydroxylation is 1. The van der Waals surface area contributed by atoms with E-state index in [0.717, 1.165) is 12.0 Å². The molecule has 0 aliphatic heterocycles. The molecule has 0 aromatic heterocycles. The third-order valence-corrected chi connectivity index (χ3v) is 3.45. The lowest BCUT2D eigenvalue weighted by Gasteiger charge is -2.15. The summed E-state index contributed by atoms with van der Waals surface area (Å²) in [5.74, 6) is -0.334. The van der Waals surface area contributed by atoms with Gasteiger partial charge >= 0.3 is 12.0 Å². The number of carbonyl (C=O) groups excluding carboxylic acids is 1. The molecule has 0 heterocycles. The molecule has 1 aromatic carbocycles. The molecular formula is C14H20N2O3S. The minimum absolute atomic E-state index is 0.402. The molecular weight excluding hydrogens is 276 g/mol. The number of hydrogen-bond donors (Lipinski definition) is 3. The van der Waals surface area contributed by atoms with E-state index in [2.05, 4.69) is 10.6 Å². The molecule has 110 valence electrons. The summed E-state index contributed by atoms with van der Waals surface area (Å²) in [4.78, 5) is 22.8. The van der Waals surface area contributed by atoms with E-state index >= 15 is 0 Å². The van der Waals surface area contributed by atoms with Crippen LogP contribution in [0.25, 0.3) is 0 Å². The van der Waals surface area contributed by atoms with Gasteiger partial charge in [0.25, 0.3) is 0 Å². The first-order valence-electron chi connectivity index (χ1n) is 6.45. The Morgan fingerprint density at radius 2 is 2.15 bits per heavy atom. The Morgan fingerprint density at radius 3 is 2.75 bits per heavy atom. The highest BCUT2D eigenvalue weighted by Crippen LogP contribution is 2.11. The maximum Gasteiger partial charge on any atom is 0.326 e. The number of hydrogen-bond acceptors (Lipinski definition) is 3. The van der Waals surface area contributed by atoms with Crippen LogP contribution in [-0.4, -0.2) is 35.2 Å². The second-order valence-electron chi connectivity index (χ2n) is 4.32. The zero-order chi connectivity index (χ0) is 15.0. The van der Waals surface area contributed by atoms with Gasteiger partial charge in [-0.05, 0) is 42.5 Å². The van der Waals surface area contributed by atoms with Crippen molar-refractivity contribution in [1.29, 1.82) is 0 Å². The second kappa shape index (κ2) is 8.47. The molecule has 0 aliphatic carbocycles. The Kier molecular flexibility index (Phi) is 6.93. The fourth-order valence-electron chi connectivity index (χ4n) is 1.69. The van der Waals surface area contributed by atoms with Crippen LogP contribution < -0.4 is 10.6 Å². The smallest absolute Gasteiger partial charge is 0.326 e. The van der Waals surface area contributed by atoms with Crippen LogP contribution in [-0.2, 0) is 11.2 Å². The van der Waals surface area contributed by atoms with E-state index < -0.39 is 18.0 Å². The molecule has 5 nitrogen and oxygen atoms in total. The number of carboxylic acid groups (broad SMARTS) is 1. The summed E-state index contributed by atoms with van der Waals surface area (Å²) in [6.07, 6.45) is 3.18. The zero-order valence-corrected chi connectivity index (χ0v) is 12.5. The normalized spacial score (nSPS) is 11.7. The van der Waals surface area contributed by atoms with Crippen molar-refractivity contribution in [2.75, 3.05) is 17.3 Å². The highest BCUT2D eigenvalue weighted by atomic mass is 32.2. The van der Waals surface area contributed by atoms with Gasteiger partial charge in [-0.3, -0.25) is 0 Å². The maximum absolute atomic E-state index is 11.8. The molecule has 3 N–H and O–H groups in total. The van der Waals surface area contributed by atoms with E-state index in [9.17, 15) is 9.59 Å². The molecule has 1 atom stereocenters. The molecule has 0 saturated heterocycles. The molecule has 0 saturated carbocycles. The predicted octanol–water partition coefficient (Wildman–Crippen LogP) is 2.58. The van der Waals surface area contributed by atoms with E-state index in [1.165, 1.54) is 0 Å². The predicted molar refractivity (Wildman–Crippen MR) is 82.4 cm³/mol. The van der Waals surface area contributed by atoms with Crippen molar-refractivity contribution in [3.63, 3.8) is 0 Å². The third kappa shape index (κ3) is 5.52. The molecule has 0 fully saturated rings. The SMILES string of the molecule is CCc1cccc(NC(=O)N[C@H](CCSC)C(=O)O)c1. The molecule has 0 bridgehead atoms. The fourth-order valence-corrected chi connectivity index (χ4v) is 2.16. The number of anilines is 1. The zero-order valence-electron chi connectivity index (χ0n) is 11.7. The lowest BCUT2D eigenvalue weighted by Crippen LogP contribution is -2.43. The topological polar surface area (TPSA) is 78.4 Å². The maximum atomic E-state index is 11.8. The Morgan fingerprint density at radius 1 is 1.40 bits per heavy atom. The Balaban J connectivity index is 2.58. The van der Waals surface area contributed by atoms with Crippen molar-refractivity contribution in [3.8, 4) is 0 Å². The van der Waals surface area contributed by atoms with Crippen LogP contribution in [0.4, 0.5) is 10.5 Å². The van der Waals surface area contributed by atoms with E-state index in [1.807, 2.05) is 31.4 Å². The van der Waals surface area contributed by atoms with Gasteiger partial charge in [-0.25, -0.2) is 9.59 Å². The van der Waals surface area contributed by atoms with Crippen LogP contribution in [0.5, 0.6) is 0 Å². The van der Waals surface area contributed by atoms with Crippen molar-refractivity contribution in [1.82, 2.24) is 5.32 Å². The molecule has 0 spiro atoms. The molecule has 1 aromatic rings. The van der Waals surface area contributed by atoms with Crippen LogP contribution in [0.3, 0.4) is 0 Å². The van der Waals surface area contributed by atoms with Crippen LogP contribution in [0.1, 0.15) is 18.9 Å². The molecule has 20 heavy (non-hydrogen) atoms. The third-order valence-electron chi connectivity index (χ3n) is 2.81. The fraction of sp³-hybridized carbons (Fsp3) is 0.429. The van der Waals surface area contributed by atoms with Crippen LogP contribution in [0.2, 0.25) is 0 Å². The van der Waals surface area contributed by atoms with Crippen molar-refractivity contribution in [2.45, 2.75) is 25.8 Å². The van der Waals surface area contributed by atoms with Gasteiger partial charge in [-0.1, -0.05) is 19.1 Å². The van der Waals surface area contributed by atoms with Crippen LogP contribution >= 0.6 is 11.8 Å². The molecule has 0 aliphatic rings. The second-order valence-corrected chi connectivity index (χ2v) is 5.31. The van der Waals surface area contributed by atoms with Gasteiger partial charge < -0.3 is 15.7 Å². The van der Waals surface area contributed by atoms with E-state index in [0.29, 0.717) is 17.9 Å². The molecule has 1 rings (SSSR count). The number of carbonyl (C=O) groups is 2.